The predicted molar refractivity (Wildman–Crippen MR) is 93.3 cm³/mol. The van der Waals surface area contributed by atoms with Gasteiger partial charge in [0.25, 0.3) is 0 Å². The molecular weight excluding hydrogens is 305 g/mol. The summed E-state index contributed by atoms with van der Waals surface area (Å²) in [4.78, 5) is 4.66. The van der Waals surface area contributed by atoms with Crippen LogP contribution < -0.4 is 5.73 Å². The van der Waals surface area contributed by atoms with Gasteiger partial charge >= 0.3 is 0 Å². The molecule has 0 heterocycles. The van der Waals surface area contributed by atoms with Crippen molar-refractivity contribution >= 4 is 23.2 Å². The molecule has 0 spiro atoms. The Kier molecular flexibility index (Phi) is 8.60. The summed E-state index contributed by atoms with van der Waals surface area (Å²) in [5, 5.41) is 1.16. The molecule has 0 radical (unpaired) electrons. The molecule has 1 atom stereocenters. The predicted octanol–water partition coefficient (Wildman–Crippen LogP) is 3.66. The molecule has 0 saturated heterocycles. The summed E-state index contributed by atoms with van der Waals surface area (Å²) in [5.41, 5.74) is 7.22. The highest BCUT2D eigenvalue weighted by Crippen LogP contribution is 2.30. The highest BCUT2D eigenvalue weighted by atomic mass is 35.5. The van der Waals surface area contributed by atoms with E-state index in [1.807, 2.05) is 12.1 Å². The largest absolute Gasteiger partial charge is 0.324 e. The van der Waals surface area contributed by atoms with Crippen molar-refractivity contribution in [3.8, 4) is 0 Å². The molecule has 0 aliphatic carbocycles. The molecular formula is C16H27Cl2N3. The number of hydrogen-bond donors (Lipinski definition) is 1. The second-order valence-electron chi connectivity index (χ2n) is 5.68. The van der Waals surface area contributed by atoms with Crippen LogP contribution in [-0.2, 0) is 0 Å². The molecule has 0 aromatic heterocycles. The van der Waals surface area contributed by atoms with Gasteiger partial charge in [0.05, 0.1) is 10.0 Å². The Hall–Kier alpha value is -0.320. The first kappa shape index (κ1) is 18.7. The van der Waals surface area contributed by atoms with Gasteiger partial charge in [-0.1, -0.05) is 42.3 Å². The first-order valence-electron chi connectivity index (χ1n) is 7.52. The fourth-order valence-corrected chi connectivity index (χ4v) is 2.73. The third-order valence-electron chi connectivity index (χ3n) is 3.54. The molecule has 1 rings (SSSR count). The smallest absolute Gasteiger partial charge is 0.0640 e. The molecule has 1 aromatic carbocycles. The Morgan fingerprint density at radius 3 is 2.43 bits per heavy atom. The van der Waals surface area contributed by atoms with E-state index in [9.17, 15) is 0 Å². The number of benzene rings is 1. The highest BCUT2D eigenvalue weighted by molar-refractivity contribution is 6.42. The molecule has 1 unspecified atom stereocenters. The zero-order valence-electron chi connectivity index (χ0n) is 13.3. The summed E-state index contributed by atoms with van der Waals surface area (Å²) in [6, 6.07) is 5.58. The summed E-state index contributed by atoms with van der Waals surface area (Å²) < 4.78 is 0. The van der Waals surface area contributed by atoms with Crippen molar-refractivity contribution in [1.82, 2.24) is 9.80 Å². The van der Waals surface area contributed by atoms with Crippen LogP contribution in [0.3, 0.4) is 0 Å². The van der Waals surface area contributed by atoms with E-state index in [2.05, 4.69) is 30.8 Å². The van der Waals surface area contributed by atoms with E-state index in [-0.39, 0.29) is 6.04 Å². The van der Waals surface area contributed by atoms with Crippen LogP contribution >= 0.6 is 23.2 Å². The Bertz CT molecular complexity index is 424. The van der Waals surface area contributed by atoms with Crippen molar-refractivity contribution in [2.75, 3.05) is 40.3 Å². The van der Waals surface area contributed by atoms with Gasteiger partial charge in [0.15, 0.2) is 0 Å². The molecule has 0 aliphatic rings. The van der Waals surface area contributed by atoms with Crippen molar-refractivity contribution < 1.29 is 0 Å². The third-order valence-corrected chi connectivity index (χ3v) is 4.37. The van der Waals surface area contributed by atoms with Gasteiger partial charge in [-0.3, -0.25) is 0 Å². The fourth-order valence-electron chi connectivity index (χ4n) is 2.28. The molecule has 21 heavy (non-hydrogen) atoms. The van der Waals surface area contributed by atoms with Crippen LogP contribution in [-0.4, -0.2) is 50.1 Å². The average Bonchev–Trinajstić information content (AvgIpc) is 2.44. The molecule has 0 fully saturated rings. The SMILES string of the molecule is CCCN(CCC(N)c1cccc(Cl)c1Cl)CCN(C)C. The molecule has 120 valence electrons. The molecule has 0 amide bonds. The zero-order valence-corrected chi connectivity index (χ0v) is 14.8. The summed E-state index contributed by atoms with van der Waals surface area (Å²) in [5.74, 6) is 0. The Labute approximate surface area is 139 Å². The number of nitrogens with zero attached hydrogens (tertiary/aromatic N) is 2. The molecule has 2 N–H and O–H groups in total. The van der Waals surface area contributed by atoms with E-state index in [1.165, 1.54) is 0 Å². The maximum Gasteiger partial charge on any atom is 0.0640 e. The minimum atomic E-state index is -0.0742. The van der Waals surface area contributed by atoms with E-state index in [0.717, 1.165) is 44.6 Å². The lowest BCUT2D eigenvalue weighted by Gasteiger charge is -2.25. The van der Waals surface area contributed by atoms with Gasteiger partial charge < -0.3 is 15.5 Å². The topological polar surface area (TPSA) is 32.5 Å². The maximum atomic E-state index is 6.28. The van der Waals surface area contributed by atoms with Crippen molar-refractivity contribution in [3.05, 3.63) is 33.8 Å². The van der Waals surface area contributed by atoms with Crippen LogP contribution in [0.15, 0.2) is 18.2 Å². The summed E-state index contributed by atoms with van der Waals surface area (Å²) in [7, 11) is 4.20. The molecule has 1 aromatic rings. The van der Waals surface area contributed by atoms with Crippen molar-refractivity contribution in [2.24, 2.45) is 5.73 Å². The van der Waals surface area contributed by atoms with Crippen LogP contribution in [0, 0.1) is 0 Å². The number of nitrogens with two attached hydrogens (primary N) is 1. The first-order valence-corrected chi connectivity index (χ1v) is 8.27. The van der Waals surface area contributed by atoms with Crippen LogP contribution in [0.1, 0.15) is 31.4 Å². The fraction of sp³-hybridized carbons (Fsp3) is 0.625. The lowest BCUT2D eigenvalue weighted by atomic mass is 10.0. The third kappa shape index (κ3) is 6.54. The summed E-state index contributed by atoms with van der Waals surface area (Å²) >= 11 is 12.3. The average molecular weight is 332 g/mol. The molecule has 5 heteroatoms. The van der Waals surface area contributed by atoms with Gasteiger partial charge in [-0.2, -0.15) is 0 Å². The van der Waals surface area contributed by atoms with Crippen LogP contribution in [0.2, 0.25) is 10.0 Å². The number of hydrogen-bond acceptors (Lipinski definition) is 3. The van der Waals surface area contributed by atoms with Gasteiger partial charge in [0, 0.05) is 19.1 Å². The first-order chi connectivity index (χ1) is 9.95. The van der Waals surface area contributed by atoms with E-state index in [0.29, 0.717) is 10.0 Å². The minimum absolute atomic E-state index is 0.0742. The van der Waals surface area contributed by atoms with Gasteiger partial charge in [0.2, 0.25) is 0 Å². The monoisotopic (exact) mass is 331 g/mol. The second-order valence-corrected chi connectivity index (χ2v) is 6.47. The summed E-state index contributed by atoms with van der Waals surface area (Å²) in [6.45, 7) is 6.41. The Morgan fingerprint density at radius 1 is 1.10 bits per heavy atom. The normalized spacial score (nSPS) is 13.1. The van der Waals surface area contributed by atoms with E-state index in [4.69, 9.17) is 28.9 Å². The number of rotatable bonds is 9. The van der Waals surface area contributed by atoms with Crippen molar-refractivity contribution in [2.45, 2.75) is 25.8 Å². The number of halogens is 2. The molecule has 0 bridgehead atoms. The standard InChI is InChI=1S/C16H27Cl2N3/c1-4-9-21(12-11-20(2)3)10-8-15(19)13-6-5-7-14(17)16(13)18/h5-7,15H,4,8-12,19H2,1-3H3. The Balaban J connectivity index is 2.56. The zero-order chi connectivity index (χ0) is 15.8. The lowest BCUT2D eigenvalue weighted by molar-refractivity contribution is 0.234. The maximum absolute atomic E-state index is 6.28. The highest BCUT2D eigenvalue weighted by Gasteiger charge is 2.14. The number of likely N-dealkylation sites (N-methyl/N-ethyl adjacent to an activating group) is 1. The van der Waals surface area contributed by atoms with Crippen molar-refractivity contribution in [3.63, 3.8) is 0 Å². The van der Waals surface area contributed by atoms with E-state index >= 15 is 0 Å². The molecule has 0 saturated carbocycles. The quantitative estimate of drug-likeness (QED) is 0.749. The van der Waals surface area contributed by atoms with Crippen molar-refractivity contribution in [1.29, 1.82) is 0 Å². The Morgan fingerprint density at radius 2 is 1.81 bits per heavy atom. The van der Waals surface area contributed by atoms with Gasteiger partial charge in [-0.25, -0.2) is 0 Å². The van der Waals surface area contributed by atoms with Gasteiger partial charge in [0.1, 0.15) is 0 Å². The summed E-state index contributed by atoms with van der Waals surface area (Å²) in [6.07, 6.45) is 2.04. The lowest BCUT2D eigenvalue weighted by Crippen LogP contribution is -2.34. The van der Waals surface area contributed by atoms with Gasteiger partial charge in [-0.15, -0.1) is 0 Å². The van der Waals surface area contributed by atoms with Crippen LogP contribution in [0.25, 0.3) is 0 Å². The van der Waals surface area contributed by atoms with Crippen LogP contribution in [0.5, 0.6) is 0 Å². The molecule has 0 aliphatic heterocycles. The van der Waals surface area contributed by atoms with Crippen LogP contribution in [0.4, 0.5) is 0 Å². The van der Waals surface area contributed by atoms with E-state index < -0.39 is 0 Å². The molecule has 3 nitrogen and oxygen atoms in total. The van der Waals surface area contributed by atoms with Gasteiger partial charge in [-0.05, 0) is 51.7 Å². The van der Waals surface area contributed by atoms with E-state index in [1.54, 1.807) is 6.07 Å². The second kappa shape index (κ2) is 9.65. The minimum Gasteiger partial charge on any atom is -0.324 e.